The third-order valence-corrected chi connectivity index (χ3v) is 4.49. The van der Waals surface area contributed by atoms with Crippen molar-refractivity contribution in [2.24, 2.45) is 0 Å². The molecule has 3 rings (SSSR count). The van der Waals surface area contributed by atoms with Crippen molar-refractivity contribution in [1.82, 2.24) is 25.1 Å². The molecule has 9 heteroatoms. The van der Waals surface area contributed by atoms with E-state index in [0.29, 0.717) is 34.9 Å². The molecule has 2 aromatic rings. The fraction of sp³-hybridized carbons (Fsp3) is 0.467. The third kappa shape index (κ3) is 4.03. The number of nitrogens with zero attached hydrogens (tertiary/aromatic N) is 5. The maximum absolute atomic E-state index is 12.3. The number of halogens is 2. The van der Waals surface area contributed by atoms with E-state index in [1.165, 1.54) is 0 Å². The molecule has 0 spiro atoms. The number of rotatable bonds is 7. The molecule has 1 aliphatic rings. The lowest BCUT2D eigenvalue weighted by Gasteiger charge is -2.19. The van der Waals surface area contributed by atoms with E-state index in [1.807, 2.05) is 16.5 Å². The number of benzene rings is 1. The van der Waals surface area contributed by atoms with Gasteiger partial charge in [0.2, 0.25) is 5.91 Å². The summed E-state index contributed by atoms with van der Waals surface area (Å²) in [6.07, 6.45) is 2.21. The van der Waals surface area contributed by atoms with Crippen LogP contribution in [0.5, 0.6) is 0 Å². The van der Waals surface area contributed by atoms with Gasteiger partial charge in [-0.3, -0.25) is 9.69 Å². The number of tetrazole rings is 1. The number of nitrogens with one attached hydrogen (secondary N) is 1. The smallest absolute Gasteiger partial charge is 0.238 e. The van der Waals surface area contributed by atoms with Crippen LogP contribution >= 0.6 is 23.2 Å². The number of hydrogen-bond acceptors (Lipinski definition) is 5. The Morgan fingerprint density at radius 1 is 1.38 bits per heavy atom. The second kappa shape index (κ2) is 7.46. The largest absolute Gasteiger partial charge is 0.322 e. The highest BCUT2D eigenvalue weighted by Gasteiger charge is 2.28. The Morgan fingerprint density at radius 2 is 2.08 bits per heavy atom. The number of hydrogen-bond donors (Lipinski definition) is 1. The lowest BCUT2D eigenvalue weighted by Crippen LogP contribution is -2.33. The van der Waals surface area contributed by atoms with E-state index in [9.17, 15) is 4.79 Å². The Hall–Kier alpha value is -1.70. The fourth-order valence-corrected chi connectivity index (χ4v) is 2.89. The number of carbonyl (C=O) groups is 1. The lowest BCUT2D eigenvalue weighted by atomic mass is 10.3. The van der Waals surface area contributed by atoms with Crippen LogP contribution in [0.1, 0.15) is 31.6 Å². The summed E-state index contributed by atoms with van der Waals surface area (Å²) in [6.45, 7) is 3.40. The Labute approximate surface area is 149 Å². The van der Waals surface area contributed by atoms with Crippen LogP contribution in [0.3, 0.4) is 0 Å². The standard InChI is InChI=1S/C15H18Cl2N6O/c1-2-22(8-13-19-20-21-23(13)10-6-7-10)9-14(24)18-15-11(16)4-3-5-12(15)17/h3-5,10H,2,6-9H2,1H3,(H,18,24). The number of para-hydroxylation sites is 1. The van der Waals surface area contributed by atoms with Gasteiger partial charge in [-0.05, 0) is 41.9 Å². The normalized spacial score (nSPS) is 14.2. The molecular weight excluding hydrogens is 351 g/mol. The zero-order valence-corrected chi connectivity index (χ0v) is 14.8. The number of anilines is 1. The maximum atomic E-state index is 12.3. The summed E-state index contributed by atoms with van der Waals surface area (Å²) >= 11 is 12.2. The van der Waals surface area contributed by atoms with Gasteiger partial charge in [0, 0.05) is 0 Å². The van der Waals surface area contributed by atoms with Crippen molar-refractivity contribution in [3.05, 3.63) is 34.1 Å². The van der Waals surface area contributed by atoms with Crippen molar-refractivity contribution in [3.63, 3.8) is 0 Å². The topological polar surface area (TPSA) is 75.9 Å². The predicted molar refractivity (Wildman–Crippen MR) is 92.1 cm³/mol. The van der Waals surface area contributed by atoms with Crippen LogP contribution in [0, 0.1) is 0 Å². The van der Waals surface area contributed by atoms with Crippen molar-refractivity contribution >= 4 is 34.8 Å². The quantitative estimate of drug-likeness (QED) is 0.812. The summed E-state index contributed by atoms with van der Waals surface area (Å²) in [5.74, 6) is 0.597. The van der Waals surface area contributed by atoms with Crippen LogP contribution in [0.4, 0.5) is 5.69 Å². The molecule has 128 valence electrons. The molecule has 1 saturated carbocycles. The molecule has 0 bridgehead atoms. The molecule has 24 heavy (non-hydrogen) atoms. The second-order valence-corrected chi connectivity index (χ2v) is 6.53. The highest BCUT2D eigenvalue weighted by molar-refractivity contribution is 6.39. The Kier molecular flexibility index (Phi) is 5.33. The minimum absolute atomic E-state index is 0.183. The van der Waals surface area contributed by atoms with Crippen molar-refractivity contribution in [1.29, 1.82) is 0 Å². The van der Waals surface area contributed by atoms with Gasteiger partial charge in [-0.1, -0.05) is 36.2 Å². The van der Waals surface area contributed by atoms with E-state index in [0.717, 1.165) is 18.7 Å². The highest BCUT2D eigenvalue weighted by atomic mass is 35.5. The number of carbonyl (C=O) groups excluding carboxylic acids is 1. The zero-order valence-electron chi connectivity index (χ0n) is 13.2. The molecule has 1 N–H and O–H groups in total. The molecule has 7 nitrogen and oxygen atoms in total. The van der Waals surface area contributed by atoms with Crippen LogP contribution in [-0.2, 0) is 11.3 Å². The first-order chi connectivity index (χ1) is 11.6. The van der Waals surface area contributed by atoms with Crippen molar-refractivity contribution in [3.8, 4) is 0 Å². The van der Waals surface area contributed by atoms with Gasteiger partial charge in [-0.15, -0.1) is 5.10 Å². The maximum Gasteiger partial charge on any atom is 0.238 e. The predicted octanol–water partition coefficient (Wildman–Crippen LogP) is 2.78. The molecule has 1 heterocycles. The first-order valence-corrected chi connectivity index (χ1v) is 8.57. The minimum Gasteiger partial charge on any atom is -0.322 e. The van der Waals surface area contributed by atoms with Gasteiger partial charge in [0.1, 0.15) is 0 Å². The molecule has 0 atom stereocenters. The molecular formula is C15H18Cl2N6O. The summed E-state index contributed by atoms with van der Waals surface area (Å²) in [7, 11) is 0. The Morgan fingerprint density at radius 3 is 2.71 bits per heavy atom. The van der Waals surface area contributed by atoms with Gasteiger partial charge >= 0.3 is 0 Å². The molecule has 1 aromatic heterocycles. The Balaban J connectivity index is 1.62. The first-order valence-electron chi connectivity index (χ1n) is 7.81. The average Bonchev–Trinajstić information content (AvgIpc) is 3.30. The lowest BCUT2D eigenvalue weighted by molar-refractivity contribution is -0.117. The van der Waals surface area contributed by atoms with Crippen molar-refractivity contribution in [2.75, 3.05) is 18.4 Å². The molecule has 1 fully saturated rings. The average molecular weight is 369 g/mol. The molecule has 0 unspecified atom stereocenters. The van der Waals surface area contributed by atoms with Gasteiger partial charge < -0.3 is 5.32 Å². The van der Waals surface area contributed by atoms with Gasteiger partial charge in [0.05, 0.1) is 34.9 Å². The van der Waals surface area contributed by atoms with E-state index >= 15 is 0 Å². The summed E-state index contributed by atoms with van der Waals surface area (Å²) in [4.78, 5) is 14.3. The van der Waals surface area contributed by atoms with Crippen LogP contribution in [0.2, 0.25) is 10.0 Å². The van der Waals surface area contributed by atoms with Crippen molar-refractivity contribution < 1.29 is 4.79 Å². The number of likely N-dealkylation sites (N-methyl/N-ethyl adjacent to an activating group) is 1. The SMILES string of the molecule is CCN(CC(=O)Nc1c(Cl)cccc1Cl)Cc1nnnn1C1CC1. The van der Waals surface area contributed by atoms with E-state index in [4.69, 9.17) is 23.2 Å². The van der Waals surface area contributed by atoms with Gasteiger partial charge in [0.25, 0.3) is 0 Å². The van der Waals surface area contributed by atoms with Gasteiger partial charge in [-0.2, -0.15) is 0 Å². The van der Waals surface area contributed by atoms with E-state index in [-0.39, 0.29) is 12.5 Å². The molecule has 0 saturated heterocycles. The molecule has 1 aromatic carbocycles. The van der Waals surface area contributed by atoms with Crippen LogP contribution in [-0.4, -0.2) is 44.1 Å². The van der Waals surface area contributed by atoms with E-state index < -0.39 is 0 Å². The second-order valence-electron chi connectivity index (χ2n) is 5.72. The van der Waals surface area contributed by atoms with Crippen LogP contribution < -0.4 is 5.32 Å². The molecule has 1 amide bonds. The summed E-state index contributed by atoms with van der Waals surface area (Å²) in [5, 5.41) is 15.4. The fourth-order valence-electron chi connectivity index (χ4n) is 2.40. The van der Waals surface area contributed by atoms with E-state index in [1.54, 1.807) is 18.2 Å². The summed E-state index contributed by atoms with van der Waals surface area (Å²) < 4.78 is 1.85. The minimum atomic E-state index is -0.183. The molecule has 0 radical (unpaired) electrons. The van der Waals surface area contributed by atoms with Crippen LogP contribution in [0.15, 0.2) is 18.2 Å². The highest BCUT2D eigenvalue weighted by Crippen LogP contribution is 2.34. The summed E-state index contributed by atoms with van der Waals surface area (Å²) in [6, 6.07) is 5.51. The molecule has 1 aliphatic carbocycles. The third-order valence-electron chi connectivity index (χ3n) is 3.86. The van der Waals surface area contributed by atoms with Gasteiger partial charge in [0.15, 0.2) is 5.82 Å². The van der Waals surface area contributed by atoms with Crippen molar-refractivity contribution in [2.45, 2.75) is 32.4 Å². The van der Waals surface area contributed by atoms with Crippen LogP contribution in [0.25, 0.3) is 0 Å². The number of amides is 1. The monoisotopic (exact) mass is 368 g/mol. The summed E-state index contributed by atoms with van der Waals surface area (Å²) in [5.41, 5.74) is 0.435. The van der Waals surface area contributed by atoms with E-state index in [2.05, 4.69) is 20.8 Å². The first kappa shape index (κ1) is 17.1. The van der Waals surface area contributed by atoms with Gasteiger partial charge in [-0.25, -0.2) is 4.68 Å². The zero-order chi connectivity index (χ0) is 17.1. The molecule has 0 aliphatic heterocycles. The number of aromatic nitrogens is 4. The Bertz CT molecular complexity index is 710.